The number of methoxy groups -OCH3 is 1. The lowest BCUT2D eigenvalue weighted by molar-refractivity contribution is -0.133. The van der Waals surface area contributed by atoms with Gasteiger partial charge in [-0.1, -0.05) is 42.1 Å². The third kappa shape index (κ3) is 3.72. The molecule has 3 rings (SSSR count). The van der Waals surface area contributed by atoms with Gasteiger partial charge in [-0.05, 0) is 5.56 Å². The number of aliphatic imine (C=N–C) groups is 2. The molecule has 0 saturated heterocycles. The zero-order valence-electron chi connectivity index (χ0n) is 12.7. The van der Waals surface area contributed by atoms with Gasteiger partial charge in [-0.15, -0.1) is 11.3 Å². The molecule has 0 aliphatic carbocycles. The lowest BCUT2D eigenvalue weighted by atomic mass is 10.2. The van der Waals surface area contributed by atoms with E-state index >= 15 is 0 Å². The summed E-state index contributed by atoms with van der Waals surface area (Å²) >= 11 is 2.70. The van der Waals surface area contributed by atoms with Crippen LogP contribution in [0.1, 0.15) is 5.56 Å². The Kier molecular flexibility index (Phi) is 5.07. The van der Waals surface area contributed by atoms with Crippen molar-refractivity contribution in [3.63, 3.8) is 0 Å². The van der Waals surface area contributed by atoms with Crippen molar-refractivity contribution in [1.82, 2.24) is 4.98 Å². The van der Waals surface area contributed by atoms with Crippen LogP contribution in [-0.4, -0.2) is 29.4 Å². The Morgan fingerprint density at radius 2 is 2.17 bits per heavy atom. The van der Waals surface area contributed by atoms with Crippen LogP contribution in [0.4, 0.5) is 0 Å². The molecule has 0 unspecified atom stereocenters. The molecule has 0 bridgehead atoms. The fourth-order valence-corrected chi connectivity index (χ4v) is 3.84. The number of aromatic nitrogens is 1. The maximum atomic E-state index is 11.9. The normalized spacial score (nSPS) is 16.4. The number of rotatable bonds is 3. The van der Waals surface area contributed by atoms with Crippen molar-refractivity contribution in [3.05, 3.63) is 55.4 Å². The second kappa shape index (κ2) is 7.41. The van der Waals surface area contributed by atoms with Crippen molar-refractivity contribution in [2.24, 2.45) is 9.98 Å². The second-order valence-electron chi connectivity index (χ2n) is 4.72. The molecule has 0 amide bonds. The summed E-state index contributed by atoms with van der Waals surface area (Å²) in [6.07, 6.45) is 2.63. The van der Waals surface area contributed by atoms with Crippen LogP contribution < -0.4 is 14.8 Å². The first kappa shape index (κ1) is 16.4. The van der Waals surface area contributed by atoms with Crippen molar-refractivity contribution < 1.29 is 9.53 Å². The van der Waals surface area contributed by atoms with Gasteiger partial charge >= 0.3 is 5.97 Å². The Labute approximate surface area is 145 Å². The molecule has 0 fully saturated rings. The molecule has 1 aliphatic heterocycles. The Bertz CT molecular complexity index is 988. The first-order valence-corrected chi connectivity index (χ1v) is 8.78. The van der Waals surface area contributed by atoms with Crippen LogP contribution >= 0.6 is 23.1 Å². The molecular formula is C16H13N3O3S2. The predicted molar refractivity (Wildman–Crippen MR) is 97.7 cm³/mol. The number of H-pyrrole nitrogens is 1. The van der Waals surface area contributed by atoms with Crippen molar-refractivity contribution in [3.8, 4) is 0 Å². The summed E-state index contributed by atoms with van der Waals surface area (Å²) in [6, 6.07) is 10.0. The monoisotopic (exact) mass is 359 g/mol. The summed E-state index contributed by atoms with van der Waals surface area (Å²) in [5.74, 6) is 0.185. The molecule has 122 valence electrons. The first-order valence-electron chi connectivity index (χ1n) is 6.98. The van der Waals surface area contributed by atoms with E-state index in [0.29, 0.717) is 10.4 Å². The van der Waals surface area contributed by atoms with E-state index in [1.54, 1.807) is 11.8 Å². The van der Waals surface area contributed by atoms with Crippen molar-refractivity contribution in [1.29, 1.82) is 0 Å². The van der Waals surface area contributed by atoms with E-state index < -0.39 is 5.97 Å². The lowest BCUT2D eigenvalue weighted by Crippen LogP contribution is -2.21. The van der Waals surface area contributed by atoms with E-state index in [-0.39, 0.29) is 10.1 Å². The SMILES string of the molecule is COC(=O)/C=c1\s/c(=C2/N=CN=C2SCc2ccccc2)[nH]c1=O. The molecule has 2 aromatic rings. The van der Waals surface area contributed by atoms with Gasteiger partial charge in [-0.2, -0.15) is 0 Å². The molecule has 0 atom stereocenters. The lowest BCUT2D eigenvalue weighted by Gasteiger charge is -2.01. The highest BCUT2D eigenvalue weighted by molar-refractivity contribution is 8.14. The molecule has 24 heavy (non-hydrogen) atoms. The number of benzene rings is 1. The smallest absolute Gasteiger partial charge is 0.332 e. The zero-order chi connectivity index (χ0) is 16.9. The highest BCUT2D eigenvalue weighted by Gasteiger charge is 2.14. The molecular weight excluding hydrogens is 346 g/mol. The number of esters is 1. The minimum absolute atomic E-state index is 0.277. The summed E-state index contributed by atoms with van der Waals surface area (Å²) < 4.78 is 5.40. The summed E-state index contributed by atoms with van der Waals surface area (Å²) in [7, 11) is 1.27. The van der Waals surface area contributed by atoms with Gasteiger partial charge in [-0.3, -0.25) is 4.79 Å². The number of hydrogen-bond acceptors (Lipinski definition) is 7. The Morgan fingerprint density at radius 1 is 1.38 bits per heavy atom. The molecule has 1 aliphatic rings. The summed E-state index contributed by atoms with van der Waals surface area (Å²) in [5.41, 5.74) is 1.45. The van der Waals surface area contributed by atoms with Crippen molar-refractivity contribution in [2.45, 2.75) is 5.75 Å². The van der Waals surface area contributed by atoms with Crippen molar-refractivity contribution >= 4 is 52.2 Å². The van der Waals surface area contributed by atoms with E-state index in [9.17, 15) is 9.59 Å². The summed E-state index contributed by atoms with van der Waals surface area (Å²) in [6.45, 7) is 0. The average molecular weight is 359 g/mol. The van der Waals surface area contributed by atoms with Crippen LogP contribution in [0.5, 0.6) is 0 Å². The quantitative estimate of drug-likeness (QED) is 0.825. The number of hydrogen-bond donors (Lipinski definition) is 1. The number of ether oxygens (including phenoxy) is 1. The van der Waals surface area contributed by atoms with Crippen LogP contribution in [0.25, 0.3) is 11.8 Å². The fourth-order valence-electron chi connectivity index (χ4n) is 1.96. The molecule has 1 aromatic carbocycles. The highest BCUT2D eigenvalue weighted by atomic mass is 32.2. The molecule has 0 saturated carbocycles. The van der Waals surface area contributed by atoms with Gasteiger partial charge in [0.2, 0.25) is 0 Å². The third-order valence-electron chi connectivity index (χ3n) is 3.11. The maximum absolute atomic E-state index is 11.9. The van der Waals surface area contributed by atoms with Crippen LogP contribution in [0, 0.1) is 0 Å². The number of carbonyl (C=O) groups excluding carboxylic acids is 1. The molecule has 1 aromatic heterocycles. The zero-order valence-corrected chi connectivity index (χ0v) is 14.3. The van der Waals surface area contributed by atoms with Gasteiger partial charge in [0.1, 0.15) is 26.3 Å². The van der Waals surface area contributed by atoms with Gasteiger partial charge in [-0.25, -0.2) is 14.8 Å². The highest BCUT2D eigenvalue weighted by Crippen LogP contribution is 2.21. The Hall–Kier alpha value is -2.45. The van der Waals surface area contributed by atoms with Gasteiger partial charge < -0.3 is 9.72 Å². The minimum Gasteiger partial charge on any atom is -0.466 e. The number of carbonyl (C=O) groups is 1. The molecule has 0 spiro atoms. The predicted octanol–water partition coefficient (Wildman–Crippen LogP) is 0.872. The second-order valence-corrected chi connectivity index (χ2v) is 6.74. The summed E-state index contributed by atoms with van der Waals surface area (Å²) in [5, 5.41) is 0.737. The van der Waals surface area contributed by atoms with Gasteiger partial charge in [0.25, 0.3) is 5.56 Å². The van der Waals surface area contributed by atoms with Crippen LogP contribution in [0.2, 0.25) is 0 Å². The standard InChI is InChI=1S/C16H13N3O3S2/c1-22-12(20)7-11-14(21)19-16(24-11)13-15(18-9-17-13)23-8-10-5-3-2-4-6-10/h2-7,9H,8H2,1H3,(H,19,21)/b11-7-,16-13+. The van der Waals surface area contributed by atoms with Crippen LogP contribution in [-0.2, 0) is 15.3 Å². The molecule has 8 heteroatoms. The molecule has 1 N–H and O–H groups in total. The third-order valence-corrected chi connectivity index (χ3v) is 5.18. The van der Waals surface area contributed by atoms with Gasteiger partial charge in [0.05, 0.1) is 7.11 Å². The molecule has 2 heterocycles. The topological polar surface area (TPSA) is 83.9 Å². The molecule has 6 nitrogen and oxygen atoms in total. The summed E-state index contributed by atoms with van der Waals surface area (Å²) in [4.78, 5) is 34.4. The Morgan fingerprint density at radius 3 is 2.92 bits per heavy atom. The van der Waals surface area contributed by atoms with E-state index in [2.05, 4.69) is 19.7 Å². The number of thiazole rings is 1. The van der Waals surface area contributed by atoms with E-state index in [4.69, 9.17) is 0 Å². The largest absolute Gasteiger partial charge is 0.466 e. The van der Waals surface area contributed by atoms with Crippen LogP contribution in [0.3, 0.4) is 0 Å². The maximum Gasteiger partial charge on any atom is 0.332 e. The number of nitrogens with zero attached hydrogens (tertiary/aromatic N) is 2. The average Bonchev–Trinajstić information content (AvgIpc) is 3.20. The van der Waals surface area contributed by atoms with Gasteiger partial charge in [0.15, 0.2) is 0 Å². The number of nitrogens with one attached hydrogen (secondary N) is 1. The Balaban J connectivity index is 1.89. The van der Waals surface area contributed by atoms with E-state index in [0.717, 1.165) is 22.1 Å². The van der Waals surface area contributed by atoms with Crippen LogP contribution in [0.15, 0.2) is 45.1 Å². The van der Waals surface area contributed by atoms with E-state index in [1.807, 2.05) is 30.3 Å². The molecule has 0 radical (unpaired) electrons. The van der Waals surface area contributed by atoms with Gasteiger partial charge in [0, 0.05) is 11.8 Å². The first-order chi connectivity index (χ1) is 11.7. The van der Waals surface area contributed by atoms with E-state index in [1.165, 1.54) is 25.1 Å². The fraction of sp³-hybridized carbons (Fsp3) is 0.125. The van der Waals surface area contributed by atoms with Crippen molar-refractivity contribution in [2.75, 3.05) is 7.11 Å². The minimum atomic E-state index is -0.568. The number of aromatic amines is 1. The number of thioether (sulfide) groups is 1.